The zero-order valence-corrected chi connectivity index (χ0v) is 24.3. The van der Waals surface area contributed by atoms with Crippen molar-refractivity contribution in [1.29, 1.82) is 0 Å². The Kier molecular flexibility index (Phi) is 10.1. The molecule has 1 heterocycles. The van der Waals surface area contributed by atoms with Crippen molar-refractivity contribution in [2.24, 2.45) is 0 Å². The number of rotatable bonds is 10. The molecule has 3 aromatic carbocycles. The number of alkyl halides is 3. The van der Waals surface area contributed by atoms with Crippen molar-refractivity contribution in [3.05, 3.63) is 101 Å². The zero-order valence-electron chi connectivity index (χ0n) is 23.6. The maximum absolute atomic E-state index is 13.1. The summed E-state index contributed by atoms with van der Waals surface area (Å²) in [5, 5.41) is 4.39. The molecule has 14 heteroatoms. The number of nitrogens with one attached hydrogen (secondary N) is 4. The lowest BCUT2D eigenvalue weighted by Gasteiger charge is -2.17. The number of anilines is 2. The fourth-order valence-corrected chi connectivity index (χ4v) is 4.12. The number of urea groups is 1. The third kappa shape index (κ3) is 8.30. The molecule has 0 saturated heterocycles. The van der Waals surface area contributed by atoms with Crippen LogP contribution >= 0.6 is 11.6 Å². The number of benzene rings is 3. The van der Waals surface area contributed by atoms with E-state index in [-0.39, 0.29) is 17.4 Å². The molecule has 0 aliphatic carbocycles. The van der Waals surface area contributed by atoms with Crippen LogP contribution in [-0.4, -0.2) is 31.1 Å². The molecule has 3 amide bonds. The van der Waals surface area contributed by atoms with Crippen molar-refractivity contribution in [3.8, 4) is 23.0 Å². The molecule has 1 unspecified atom stereocenters. The molecule has 44 heavy (non-hydrogen) atoms. The summed E-state index contributed by atoms with van der Waals surface area (Å²) in [7, 11) is 3.09. The van der Waals surface area contributed by atoms with Crippen LogP contribution in [0.1, 0.15) is 34.6 Å². The molecule has 4 rings (SSSR count). The molecule has 1 atom stereocenters. The van der Waals surface area contributed by atoms with E-state index in [1.807, 2.05) is 13.0 Å². The summed E-state index contributed by atoms with van der Waals surface area (Å²) in [5.41, 5.74) is 5.71. The first-order chi connectivity index (χ1) is 21.0. The van der Waals surface area contributed by atoms with Gasteiger partial charge in [0.2, 0.25) is 0 Å². The van der Waals surface area contributed by atoms with Gasteiger partial charge in [-0.2, -0.15) is 13.2 Å². The topological polar surface area (TPSA) is 123 Å². The summed E-state index contributed by atoms with van der Waals surface area (Å²) >= 11 is 5.61. The molecule has 10 nitrogen and oxygen atoms in total. The smallest absolute Gasteiger partial charge is 0.417 e. The predicted octanol–water partition coefficient (Wildman–Crippen LogP) is 7.20. The Morgan fingerprint density at radius 1 is 0.841 bits per heavy atom. The van der Waals surface area contributed by atoms with E-state index in [0.29, 0.717) is 28.7 Å². The highest BCUT2D eigenvalue weighted by atomic mass is 35.5. The molecule has 1 aromatic heterocycles. The van der Waals surface area contributed by atoms with Crippen LogP contribution in [0.25, 0.3) is 0 Å². The van der Waals surface area contributed by atoms with Crippen LogP contribution in [0, 0.1) is 0 Å². The number of nitrogens with zero attached hydrogens (tertiary/aromatic N) is 1. The molecule has 0 aliphatic heterocycles. The second-order valence-corrected chi connectivity index (χ2v) is 9.62. The molecule has 0 aliphatic rings. The summed E-state index contributed by atoms with van der Waals surface area (Å²) in [6.45, 7) is 1.86. The molecule has 0 radical (unpaired) electrons. The van der Waals surface area contributed by atoms with E-state index in [9.17, 15) is 22.8 Å². The van der Waals surface area contributed by atoms with Crippen molar-refractivity contribution in [2.75, 3.05) is 24.9 Å². The highest BCUT2D eigenvalue weighted by Crippen LogP contribution is 2.36. The molecule has 0 fully saturated rings. The lowest BCUT2D eigenvalue weighted by molar-refractivity contribution is -0.137. The Labute approximate surface area is 255 Å². The zero-order chi connectivity index (χ0) is 31.9. The summed E-state index contributed by atoms with van der Waals surface area (Å²) in [5.74, 6) is 1.38. The van der Waals surface area contributed by atoms with Gasteiger partial charge in [0.05, 0.1) is 24.8 Å². The van der Waals surface area contributed by atoms with Gasteiger partial charge >= 0.3 is 12.2 Å². The highest BCUT2D eigenvalue weighted by Gasteiger charge is 2.33. The second-order valence-electron chi connectivity index (χ2n) is 9.21. The van der Waals surface area contributed by atoms with Gasteiger partial charge in [-0.25, -0.2) is 10.2 Å². The second kappa shape index (κ2) is 14.0. The molecule has 0 saturated carbocycles. The van der Waals surface area contributed by atoms with E-state index in [4.69, 9.17) is 25.8 Å². The summed E-state index contributed by atoms with van der Waals surface area (Å²) in [4.78, 5) is 29.1. The van der Waals surface area contributed by atoms with Gasteiger partial charge in [0.15, 0.2) is 11.5 Å². The predicted molar refractivity (Wildman–Crippen MR) is 158 cm³/mol. The lowest BCUT2D eigenvalue weighted by Crippen LogP contribution is -2.39. The van der Waals surface area contributed by atoms with Crippen LogP contribution in [0.2, 0.25) is 5.02 Å². The van der Waals surface area contributed by atoms with Crippen LogP contribution in [0.5, 0.6) is 23.0 Å². The number of amides is 3. The Morgan fingerprint density at radius 3 is 2.20 bits per heavy atom. The minimum Gasteiger partial charge on any atom is -0.493 e. The Morgan fingerprint density at radius 2 is 1.52 bits per heavy atom. The lowest BCUT2D eigenvalue weighted by atomic mass is 10.1. The van der Waals surface area contributed by atoms with E-state index < -0.39 is 28.7 Å². The van der Waals surface area contributed by atoms with E-state index >= 15 is 0 Å². The first-order valence-corrected chi connectivity index (χ1v) is 13.3. The van der Waals surface area contributed by atoms with Crippen molar-refractivity contribution in [1.82, 2.24) is 15.8 Å². The number of aromatic nitrogens is 1. The van der Waals surface area contributed by atoms with Crippen molar-refractivity contribution >= 4 is 34.9 Å². The van der Waals surface area contributed by atoms with Gasteiger partial charge in [0.25, 0.3) is 5.91 Å². The Hall–Kier alpha value is -5.01. The normalized spacial score (nSPS) is 11.7. The van der Waals surface area contributed by atoms with Gasteiger partial charge in [-0.05, 0) is 73.2 Å². The average molecular weight is 630 g/mol. The van der Waals surface area contributed by atoms with Gasteiger partial charge in [-0.3, -0.25) is 15.2 Å². The molecule has 4 N–H and O–H groups in total. The maximum Gasteiger partial charge on any atom is 0.417 e. The molecule has 230 valence electrons. The average Bonchev–Trinajstić information content (AvgIpc) is 3.00. The third-order valence-electron chi connectivity index (χ3n) is 6.15. The highest BCUT2D eigenvalue weighted by molar-refractivity contribution is 6.31. The number of hydrogen-bond donors (Lipinski definition) is 4. The van der Waals surface area contributed by atoms with Crippen LogP contribution < -0.4 is 35.7 Å². The van der Waals surface area contributed by atoms with Crippen LogP contribution in [0.3, 0.4) is 0 Å². The summed E-state index contributed by atoms with van der Waals surface area (Å²) in [6.07, 6.45) is -3.24. The van der Waals surface area contributed by atoms with Crippen LogP contribution in [0.4, 0.5) is 29.3 Å². The molecular weight excluding hydrogens is 603 g/mol. The largest absolute Gasteiger partial charge is 0.493 e. The third-order valence-corrected chi connectivity index (χ3v) is 6.48. The Balaban J connectivity index is 1.31. The molecular formula is C30H27ClF3N5O5. The number of carbonyl (C=O) groups is 2. The fourth-order valence-electron chi connectivity index (χ4n) is 3.90. The summed E-state index contributed by atoms with van der Waals surface area (Å²) < 4.78 is 55.6. The standard InChI is InChI=1S/C30H27ClF3N5O5/c1-17(18-4-11-26(42-2)27(14-18)43-3)38-39-28(40)25-16-22(12-13-35-25)44-21-8-5-19(6-9-21)36-29(41)37-20-7-10-24(31)23(15-20)30(32,33)34/h4-17,38H,1-3H3,(H,39,40)(H2,36,37,41). The quantitative estimate of drug-likeness (QED) is 0.137. The summed E-state index contributed by atoms with van der Waals surface area (Å²) in [6, 6.07) is 16.7. The van der Waals surface area contributed by atoms with E-state index in [2.05, 4.69) is 26.5 Å². The van der Waals surface area contributed by atoms with Crippen molar-refractivity contribution < 1.29 is 37.0 Å². The number of hydrazine groups is 1. The number of ether oxygens (including phenoxy) is 3. The van der Waals surface area contributed by atoms with Crippen LogP contribution in [0.15, 0.2) is 79.0 Å². The monoisotopic (exact) mass is 629 g/mol. The molecule has 0 bridgehead atoms. The van der Waals surface area contributed by atoms with Crippen LogP contribution in [-0.2, 0) is 6.18 Å². The molecule has 0 spiro atoms. The van der Waals surface area contributed by atoms with Crippen molar-refractivity contribution in [3.63, 3.8) is 0 Å². The number of methoxy groups -OCH3 is 2. The van der Waals surface area contributed by atoms with Gasteiger partial charge in [-0.15, -0.1) is 0 Å². The fraction of sp³-hybridized carbons (Fsp3) is 0.167. The van der Waals surface area contributed by atoms with Gasteiger partial charge < -0.3 is 24.8 Å². The van der Waals surface area contributed by atoms with Gasteiger partial charge in [0, 0.05) is 29.7 Å². The van der Waals surface area contributed by atoms with E-state index in [0.717, 1.165) is 17.7 Å². The first kappa shape index (κ1) is 31.9. The van der Waals surface area contributed by atoms with Gasteiger partial charge in [0.1, 0.15) is 17.2 Å². The number of hydrogen-bond acceptors (Lipinski definition) is 7. The van der Waals surface area contributed by atoms with Gasteiger partial charge in [-0.1, -0.05) is 17.7 Å². The first-order valence-electron chi connectivity index (χ1n) is 12.9. The van der Waals surface area contributed by atoms with Crippen molar-refractivity contribution in [2.45, 2.75) is 19.1 Å². The van der Waals surface area contributed by atoms with E-state index in [1.165, 1.54) is 37.6 Å². The minimum absolute atomic E-state index is 0.0812. The maximum atomic E-state index is 13.1. The minimum atomic E-state index is -4.66. The number of halogens is 4. The van der Waals surface area contributed by atoms with E-state index in [1.54, 1.807) is 37.4 Å². The SMILES string of the molecule is COc1ccc(C(C)NNC(=O)c2cc(Oc3ccc(NC(=O)Nc4ccc(Cl)c(C(F)(F)F)c4)cc3)ccn2)cc1OC. The Bertz CT molecular complexity index is 1640. The molecule has 4 aromatic rings. The number of pyridine rings is 1. The number of carbonyl (C=O) groups excluding carboxylic acids is 2.